The zero-order valence-corrected chi connectivity index (χ0v) is 20.5. The summed E-state index contributed by atoms with van der Waals surface area (Å²) in [7, 11) is 1.66. The fourth-order valence-electron chi connectivity index (χ4n) is 4.41. The Kier molecular flexibility index (Phi) is 6.89. The second-order valence-corrected chi connectivity index (χ2v) is 9.81. The van der Waals surface area contributed by atoms with Crippen molar-refractivity contribution in [2.75, 3.05) is 20.2 Å². The third-order valence-corrected chi connectivity index (χ3v) is 6.55. The van der Waals surface area contributed by atoms with Crippen molar-refractivity contribution >= 4 is 6.03 Å². The number of carbonyl (C=O) groups excluding carboxylic acids is 1. The first-order chi connectivity index (χ1) is 16.3. The zero-order chi connectivity index (χ0) is 24.2. The number of pyridine rings is 1. The third kappa shape index (κ3) is 5.07. The van der Waals surface area contributed by atoms with Crippen molar-refractivity contribution in [3.05, 3.63) is 95.3 Å². The van der Waals surface area contributed by atoms with Crippen LogP contribution in [0.2, 0.25) is 0 Å². The molecule has 0 radical (unpaired) electrons. The number of aromatic nitrogens is 1. The number of benzene rings is 2. The van der Waals surface area contributed by atoms with Gasteiger partial charge in [0.25, 0.3) is 0 Å². The highest BCUT2D eigenvalue weighted by molar-refractivity contribution is 5.78. The molecule has 1 unspecified atom stereocenters. The highest BCUT2D eigenvalue weighted by Gasteiger charge is 2.46. The molecule has 2 heterocycles. The highest BCUT2D eigenvalue weighted by Crippen LogP contribution is 2.32. The quantitative estimate of drug-likeness (QED) is 0.518. The summed E-state index contributed by atoms with van der Waals surface area (Å²) in [6.07, 6.45) is 4.33. The Bertz CT molecular complexity index is 1090. The van der Waals surface area contributed by atoms with Gasteiger partial charge in [0.15, 0.2) is 0 Å². The average Bonchev–Trinajstić information content (AvgIpc) is 3.18. The maximum atomic E-state index is 13.1. The monoisotopic (exact) mass is 458 g/mol. The summed E-state index contributed by atoms with van der Waals surface area (Å²) in [6.45, 7) is 8.33. The molecule has 2 aromatic carbocycles. The molecule has 0 spiro atoms. The average molecular weight is 459 g/mol. The maximum Gasteiger partial charge on any atom is 0.319 e. The number of nitrogens with one attached hydrogen (secondary N) is 2. The number of hydrogen-bond acceptors (Lipinski definition) is 4. The second kappa shape index (κ2) is 9.85. The van der Waals surface area contributed by atoms with Crippen molar-refractivity contribution in [2.45, 2.75) is 44.8 Å². The van der Waals surface area contributed by atoms with Crippen molar-refractivity contribution in [1.29, 1.82) is 0 Å². The lowest BCUT2D eigenvalue weighted by molar-refractivity contribution is 0.124. The fourth-order valence-corrected chi connectivity index (χ4v) is 4.41. The predicted octanol–water partition coefficient (Wildman–Crippen LogP) is 4.60. The molecule has 1 aliphatic heterocycles. The number of ether oxygens (including phenoxy) is 1. The normalized spacial score (nSPS) is 18.1. The molecule has 6 heteroatoms. The van der Waals surface area contributed by atoms with E-state index in [1.807, 2.05) is 29.2 Å². The molecule has 0 bridgehead atoms. The van der Waals surface area contributed by atoms with Crippen LogP contribution in [0, 0.1) is 0 Å². The molecule has 1 fully saturated rings. The Morgan fingerprint density at radius 2 is 1.68 bits per heavy atom. The van der Waals surface area contributed by atoms with Crippen LogP contribution in [0.15, 0.2) is 73.1 Å². The number of carbonyl (C=O) groups is 1. The number of urea groups is 1. The Labute approximate surface area is 202 Å². The molecule has 4 rings (SSSR count). The van der Waals surface area contributed by atoms with Gasteiger partial charge < -0.3 is 15.0 Å². The minimum atomic E-state index is -0.650. The van der Waals surface area contributed by atoms with Crippen molar-refractivity contribution in [2.24, 2.45) is 0 Å². The molecule has 1 aliphatic rings. The van der Waals surface area contributed by atoms with E-state index in [4.69, 9.17) is 4.74 Å². The standard InChI is InChI=1S/C28H34N4O2/c1-27(2,3)23-7-9-24(10-8-23)28(31-19-22-13-16-29-17-14-22)20-30-26(33)32(28)18-15-21-5-11-25(34-4)12-6-21/h5-14,16-17,31H,15,18-20H2,1-4H3,(H,30,33). The van der Waals surface area contributed by atoms with Crippen LogP contribution in [0.5, 0.6) is 5.75 Å². The van der Waals surface area contributed by atoms with Gasteiger partial charge in [0.2, 0.25) is 0 Å². The van der Waals surface area contributed by atoms with Crippen molar-refractivity contribution in [3.63, 3.8) is 0 Å². The van der Waals surface area contributed by atoms with Crippen molar-refractivity contribution in [1.82, 2.24) is 20.5 Å². The first-order valence-corrected chi connectivity index (χ1v) is 11.8. The van der Waals surface area contributed by atoms with Crippen LogP contribution in [-0.4, -0.2) is 36.1 Å². The van der Waals surface area contributed by atoms with E-state index in [1.54, 1.807) is 19.5 Å². The smallest absolute Gasteiger partial charge is 0.319 e. The molecular formula is C28H34N4O2. The van der Waals surface area contributed by atoms with Crippen LogP contribution < -0.4 is 15.4 Å². The van der Waals surface area contributed by atoms with Gasteiger partial charge in [-0.05, 0) is 58.4 Å². The molecule has 2 N–H and O–H groups in total. The summed E-state index contributed by atoms with van der Waals surface area (Å²) >= 11 is 0. The number of rotatable bonds is 8. The van der Waals surface area contributed by atoms with E-state index < -0.39 is 5.66 Å². The topological polar surface area (TPSA) is 66.5 Å². The van der Waals surface area contributed by atoms with Gasteiger partial charge in [-0.2, -0.15) is 0 Å². The molecule has 0 aliphatic carbocycles. The Hall–Kier alpha value is -3.38. The summed E-state index contributed by atoms with van der Waals surface area (Å²) in [5, 5.41) is 6.80. The second-order valence-electron chi connectivity index (χ2n) is 9.81. The Morgan fingerprint density at radius 3 is 2.29 bits per heavy atom. The van der Waals surface area contributed by atoms with Crippen LogP contribution in [0.1, 0.15) is 43.0 Å². The van der Waals surface area contributed by atoms with Crippen LogP contribution in [0.3, 0.4) is 0 Å². The van der Waals surface area contributed by atoms with Crippen LogP contribution >= 0.6 is 0 Å². The summed E-state index contributed by atoms with van der Waals surface area (Å²) in [5.74, 6) is 0.829. The summed E-state index contributed by atoms with van der Waals surface area (Å²) in [5.41, 5.74) is 4.03. The number of amides is 2. The molecule has 1 saturated heterocycles. The Morgan fingerprint density at radius 1 is 1.00 bits per heavy atom. The van der Waals surface area contributed by atoms with Crippen LogP contribution in [0.4, 0.5) is 4.79 Å². The zero-order valence-electron chi connectivity index (χ0n) is 20.5. The lowest BCUT2D eigenvalue weighted by atomic mass is 9.85. The SMILES string of the molecule is COc1ccc(CCN2C(=O)NCC2(NCc2ccncc2)c2ccc(C(C)(C)C)cc2)cc1. The molecule has 2 amide bonds. The molecule has 1 atom stereocenters. The molecule has 178 valence electrons. The van der Waals surface area contributed by atoms with Gasteiger partial charge in [0.1, 0.15) is 11.4 Å². The highest BCUT2D eigenvalue weighted by atomic mass is 16.5. The van der Waals surface area contributed by atoms with Gasteiger partial charge in [-0.15, -0.1) is 0 Å². The van der Waals surface area contributed by atoms with Gasteiger partial charge in [0.05, 0.1) is 13.7 Å². The first kappa shape index (κ1) is 23.8. The lowest BCUT2D eigenvalue weighted by Crippen LogP contribution is -2.55. The van der Waals surface area contributed by atoms with E-state index in [1.165, 1.54) is 5.56 Å². The molecule has 1 aromatic heterocycles. The third-order valence-electron chi connectivity index (χ3n) is 6.55. The van der Waals surface area contributed by atoms with E-state index in [2.05, 4.69) is 72.8 Å². The molecule has 34 heavy (non-hydrogen) atoms. The van der Waals surface area contributed by atoms with E-state index in [9.17, 15) is 4.79 Å². The fraction of sp³-hybridized carbons (Fsp3) is 0.357. The molecule has 0 saturated carbocycles. The van der Waals surface area contributed by atoms with Crippen molar-refractivity contribution in [3.8, 4) is 5.75 Å². The van der Waals surface area contributed by atoms with Gasteiger partial charge in [-0.3, -0.25) is 10.3 Å². The molecular weight excluding hydrogens is 424 g/mol. The molecule has 6 nitrogen and oxygen atoms in total. The minimum absolute atomic E-state index is 0.0596. The summed E-state index contributed by atoms with van der Waals surface area (Å²) in [6, 6.07) is 20.6. The van der Waals surface area contributed by atoms with E-state index in [0.29, 0.717) is 19.6 Å². The van der Waals surface area contributed by atoms with Gasteiger partial charge in [-0.1, -0.05) is 57.2 Å². The number of nitrogens with zero attached hydrogens (tertiary/aromatic N) is 2. The predicted molar refractivity (Wildman–Crippen MR) is 135 cm³/mol. The van der Waals surface area contributed by atoms with Crippen LogP contribution in [0.25, 0.3) is 0 Å². The maximum absolute atomic E-state index is 13.1. The van der Waals surface area contributed by atoms with Gasteiger partial charge in [0, 0.05) is 25.5 Å². The first-order valence-electron chi connectivity index (χ1n) is 11.8. The lowest BCUT2D eigenvalue weighted by Gasteiger charge is -2.39. The Balaban J connectivity index is 1.63. The summed E-state index contributed by atoms with van der Waals surface area (Å²) < 4.78 is 5.27. The molecule has 3 aromatic rings. The van der Waals surface area contributed by atoms with Crippen LogP contribution in [-0.2, 0) is 24.0 Å². The van der Waals surface area contributed by atoms with E-state index >= 15 is 0 Å². The van der Waals surface area contributed by atoms with E-state index in [0.717, 1.165) is 28.9 Å². The largest absolute Gasteiger partial charge is 0.497 e. The minimum Gasteiger partial charge on any atom is -0.497 e. The van der Waals surface area contributed by atoms with E-state index in [-0.39, 0.29) is 11.4 Å². The number of hydrogen-bond donors (Lipinski definition) is 2. The van der Waals surface area contributed by atoms with Crippen molar-refractivity contribution < 1.29 is 9.53 Å². The van der Waals surface area contributed by atoms with Gasteiger partial charge in [-0.25, -0.2) is 4.79 Å². The number of methoxy groups -OCH3 is 1. The van der Waals surface area contributed by atoms with Gasteiger partial charge >= 0.3 is 6.03 Å². The summed E-state index contributed by atoms with van der Waals surface area (Å²) in [4.78, 5) is 19.1.